The lowest BCUT2D eigenvalue weighted by Gasteiger charge is -2.34. The number of hydrogen-bond donors (Lipinski definition) is 1. The summed E-state index contributed by atoms with van der Waals surface area (Å²) in [6.45, 7) is 0.645. The van der Waals surface area contributed by atoms with E-state index in [1.54, 1.807) is 19.1 Å². The van der Waals surface area contributed by atoms with Crippen molar-refractivity contribution >= 4 is 62.3 Å². The molecule has 45 heavy (non-hydrogen) atoms. The molecule has 0 bridgehead atoms. The van der Waals surface area contributed by atoms with Gasteiger partial charge in [-0.3, -0.25) is 13.9 Å². The van der Waals surface area contributed by atoms with Gasteiger partial charge >= 0.3 is 6.18 Å². The summed E-state index contributed by atoms with van der Waals surface area (Å²) >= 11 is 18.1. The normalized spacial score (nSPS) is 14.6. The molecule has 3 aromatic carbocycles. The summed E-state index contributed by atoms with van der Waals surface area (Å²) < 4.78 is 69.9. The molecule has 0 aromatic heterocycles. The topological polar surface area (TPSA) is 86.8 Å². The van der Waals surface area contributed by atoms with E-state index in [0.717, 1.165) is 37.8 Å². The Balaban J connectivity index is 1.78. The Morgan fingerprint density at radius 2 is 1.58 bits per heavy atom. The smallest absolute Gasteiger partial charge is 0.352 e. The van der Waals surface area contributed by atoms with Gasteiger partial charge in [-0.15, -0.1) is 0 Å². The molecule has 1 atom stereocenters. The molecular weight excluding hydrogens is 674 g/mol. The monoisotopic (exact) mass is 703 g/mol. The van der Waals surface area contributed by atoms with Crippen LogP contribution in [0.1, 0.15) is 50.2 Å². The Hall–Kier alpha value is -2.99. The first-order valence-corrected chi connectivity index (χ1v) is 16.8. The van der Waals surface area contributed by atoms with Gasteiger partial charge in [-0.05, 0) is 67.3 Å². The lowest BCUT2D eigenvalue weighted by Crippen LogP contribution is -2.53. The van der Waals surface area contributed by atoms with Gasteiger partial charge in [0.05, 0.1) is 31.2 Å². The number of nitrogens with one attached hydrogen (secondary N) is 1. The Bertz CT molecular complexity index is 1640. The van der Waals surface area contributed by atoms with Crippen LogP contribution in [0.25, 0.3) is 0 Å². The Morgan fingerprint density at radius 3 is 2.18 bits per heavy atom. The fourth-order valence-electron chi connectivity index (χ4n) is 5.26. The second-order valence-corrected chi connectivity index (χ2v) is 13.8. The van der Waals surface area contributed by atoms with Gasteiger partial charge in [-0.25, -0.2) is 8.42 Å². The number of hydrogen-bond acceptors (Lipinski definition) is 4. The van der Waals surface area contributed by atoms with Crippen LogP contribution in [0, 0.1) is 0 Å². The number of carbonyl (C=O) groups excluding carboxylic acids is 2. The third-order valence-corrected chi connectivity index (χ3v) is 10.4. The molecular formula is C31H31Cl3F3N3O4S. The maximum absolute atomic E-state index is 14.2. The van der Waals surface area contributed by atoms with Gasteiger partial charge in [0.25, 0.3) is 10.0 Å². The van der Waals surface area contributed by atoms with Crippen molar-refractivity contribution in [2.24, 2.45) is 0 Å². The minimum absolute atomic E-state index is 0.0571. The third-order valence-electron chi connectivity index (χ3n) is 7.58. The van der Waals surface area contributed by atoms with Gasteiger partial charge in [-0.2, -0.15) is 13.2 Å². The minimum atomic E-state index is -4.90. The minimum Gasteiger partial charge on any atom is -0.352 e. The summed E-state index contributed by atoms with van der Waals surface area (Å²) in [6.07, 6.45) is -1.21. The number of alkyl halides is 3. The fourth-order valence-corrected chi connectivity index (χ4v) is 7.23. The van der Waals surface area contributed by atoms with Crippen molar-refractivity contribution in [3.63, 3.8) is 0 Å². The summed E-state index contributed by atoms with van der Waals surface area (Å²) in [7, 11) is -4.58. The third kappa shape index (κ3) is 8.44. The summed E-state index contributed by atoms with van der Waals surface area (Å²) in [5.74, 6) is -1.24. The van der Waals surface area contributed by atoms with E-state index in [1.807, 2.05) is 0 Å². The van der Waals surface area contributed by atoms with Crippen LogP contribution in [-0.2, 0) is 32.3 Å². The molecule has 1 aliphatic carbocycles. The zero-order valence-corrected chi connectivity index (χ0v) is 27.2. The van der Waals surface area contributed by atoms with Crippen LogP contribution in [0.2, 0.25) is 15.1 Å². The van der Waals surface area contributed by atoms with Gasteiger partial charge in [-0.1, -0.05) is 78.8 Å². The zero-order valence-electron chi connectivity index (χ0n) is 24.2. The SMILES string of the molecule is CC[C@H](C(=O)NC1CCCC1)N(Cc1ccc(Cl)c(Cl)c1)C(=O)CN(c1ccc(Cl)c(C(F)(F)F)c1)S(=O)(=O)c1ccccc1. The molecule has 1 fully saturated rings. The van der Waals surface area contributed by atoms with Crippen LogP contribution in [0.5, 0.6) is 0 Å². The largest absolute Gasteiger partial charge is 0.417 e. The molecule has 1 aliphatic rings. The molecule has 0 aliphatic heterocycles. The van der Waals surface area contributed by atoms with E-state index in [9.17, 15) is 31.2 Å². The van der Waals surface area contributed by atoms with E-state index in [1.165, 1.54) is 41.3 Å². The number of amides is 2. The fraction of sp³-hybridized carbons (Fsp3) is 0.355. The molecule has 242 valence electrons. The summed E-state index contributed by atoms with van der Waals surface area (Å²) in [6, 6.07) is 13.2. The molecule has 2 amide bonds. The number of sulfonamides is 1. The number of carbonyl (C=O) groups is 2. The number of rotatable bonds is 11. The summed E-state index contributed by atoms with van der Waals surface area (Å²) in [5, 5.41) is 2.84. The van der Waals surface area contributed by atoms with Crippen LogP contribution >= 0.6 is 34.8 Å². The second kappa shape index (κ2) is 14.6. The Kier molecular flexibility index (Phi) is 11.3. The van der Waals surface area contributed by atoms with Crippen LogP contribution in [-0.4, -0.2) is 43.8 Å². The van der Waals surface area contributed by atoms with Crippen LogP contribution in [0.3, 0.4) is 0 Å². The standard InChI is InChI=1S/C31H31Cl3F3N3O4S/c1-2-28(30(42)38-21-8-6-7-9-21)39(18-20-12-14-26(33)27(34)16-20)29(41)19-40(45(43,44)23-10-4-3-5-11-23)22-13-15-25(32)24(17-22)31(35,36)37/h3-5,10-17,21,28H,2,6-9,18-19H2,1H3,(H,38,42)/t28-/m1/s1. The number of nitrogens with zero attached hydrogens (tertiary/aromatic N) is 2. The highest BCUT2D eigenvalue weighted by Crippen LogP contribution is 2.38. The highest BCUT2D eigenvalue weighted by atomic mass is 35.5. The molecule has 0 spiro atoms. The molecule has 1 saturated carbocycles. The average molecular weight is 705 g/mol. The van der Waals surface area contributed by atoms with Crippen molar-refractivity contribution in [3.8, 4) is 0 Å². The molecule has 1 N–H and O–H groups in total. The molecule has 3 aromatic rings. The molecule has 0 saturated heterocycles. The quantitative estimate of drug-likeness (QED) is 0.222. The molecule has 14 heteroatoms. The first-order chi connectivity index (χ1) is 21.2. The summed E-state index contributed by atoms with van der Waals surface area (Å²) in [5.41, 5.74) is -1.19. The van der Waals surface area contributed by atoms with Gasteiger partial charge in [0.2, 0.25) is 11.8 Å². The van der Waals surface area contributed by atoms with E-state index in [2.05, 4.69) is 5.32 Å². The Labute approximate surface area is 275 Å². The number of benzene rings is 3. The molecule has 0 radical (unpaired) electrons. The first-order valence-electron chi connectivity index (χ1n) is 14.2. The van der Waals surface area contributed by atoms with E-state index in [4.69, 9.17) is 34.8 Å². The van der Waals surface area contributed by atoms with Crippen LogP contribution in [0.15, 0.2) is 71.6 Å². The molecule has 0 heterocycles. The first kappa shape index (κ1) is 34.9. The second-order valence-electron chi connectivity index (χ2n) is 10.7. The van der Waals surface area contributed by atoms with Gasteiger partial charge in [0.1, 0.15) is 12.6 Å². The van der Waals surface area contributed by atoms with Crippen LogP contribution < -0.4 is 9.62 Å². The van der Waals surface area contributed by atoms with Crippen molar-refractivity contribution < 1.29 is 31.2 Å². The number of anilines is 1. The van der Waals surface area contributed by atoms with Crippen molar-refractivity contribution in [2.45, 2.75) is 68.7 Å². The lowest BCUT2D eigenvalue weighted by molar-refractivity contribution is -0.140. The maximum atomic E-state index is 14.2. The van der Waals surface area contributed by atoms with Crippen molar-refractivity contribution in [1.82, 2.24) is 10.2 Å². The molecule has 0 unspecified atom stereocenters. The van der Waals surface area contributed by atoms with Crippen LogP contribution in [0.4, 0.5) is 18.9 Å². The molecule has 4 rings (SSSR count). The van der Waals surface area contributed by atoms with E-state index in [0.29, 0.717) is 15.9 Å². The Morgan fingerprint density at radius 1 is 0.933 bits per heavy atom. The average Bonchev–Trinajstić information content (AvgIpc) is 3.50. The van der Waals surface area contributed by atoms with E-state index >= 15 is 0 Å². The zero-order chi connectivity index (χ0) is 32.9. The highest BCUT2D eigenvalue weighted by molar-refractivity contribution is 7.92. The lowest BCUT2D eigenvalue weighted by atomic mass is 10.1. The van der Waals surface area contributed by atoms with Crippen molar-refractivity contribution in [1.29, 1.82) is 0 Å². The highest BCUT2D eigenvalue weighted by Gasteiger charge is 2.37. The van der Waals surface area contributed by atoms with Crippen molar-refractivity contribution in [2.75, 3.05) is 10.8 Å². The maximum Gasteiger partial charge on any atom is 0.417 e. The summed E-state index contributed by atoms with van der Waals surface area (Å²) in [4.78, 5) is 28.7. The predicted molar refractivity (Wildman–Crippen MR) is 169 cm³/mol. The molecule has 7 nitrogen and oxygen atoms in total. The predicted octanol–water partition coefficient (Wildman–Crippen LogP) is 7.73. The van der Waals surface area contributed by atoms with Gasteiger partial charge in [0, 0.05) is 12.6 Å². The van der Waals surface area contributed by atoms with Gasteiger partial charge in [0.15, 0.2) is 0 Å². The van der Waals surface area contributed by atoms with E-state index < -0.39 is 56.9 Å². The van der Waals surface area contributed by atoms with E-state index in [-0.39, 0.29) is 33.9 Å². The van der Waals surface area contributed by atoms with Crippen molar-refractivity contribution in [3.05, 3.63) is 92.9 Å². The van der Waals surface area contributed by atoms with Gasteiger partial charge < -0.3 is 10.2 Å². The number of halogens is 6.